The highest BCUT2D eigenvalue weighted by Crippen LogP contribution is 2.15. The zero-order valence-corrected chi connectivity index (χ0v) is 14.4. The standard InChI is InChI=1S/C18H30N4/c1-14-7-9-16(10-8-14)15(2)12-20-18(19-3)21-13-17-6-5-11-22(17)4/h7-10,15,17H,5-6,11-13H2,1-4H3,(H2,19,20,21). The number of guanidine groups is 1. The number of rotatable bonds is 5. The van der Waals surface area contributed by atoms with Gasteiger partial charge in [0, 0.05) is 26.2 Å². The third-order valence-corrected chi connectivity index (χ3v) is 4.62. The maximum absolute atomic E-state index is 4.33. The largest absolute Gasteiger partial charge is 0.356 e. The number of likely N-dealkylation sites (tertiary alicyclic amines) is 1. The topological polar surface area (TPSA) is 39.7 Å². The predicted octanol–water partition coefficient (Wildman–Crippen LogP) is 2.36. The molecule has 0 aromatic heterocycles. The molecule has 4 nitrogen and oxygen atoms in total. The normalized spacial score (nSPS) is 20.9. The van der Waals surface area contributed by atoms with Crippen molar-refractivity contribution in [3.05, 3.63) is 35.4 Å². The Balaban J connectivity index is 1.77. The van der Waals surface area contributed by atoms with Crippen LogP contribution in [0.1, 0.15) is 36.8 Å². The van der Waals surface area contributed by atoms with Crippen LogP contribution in [-0.2, 0) is 0 Å². The van der Waals surface area contributed by atoms with Gasteiger partial charge in [-0.25, -0.2) is 0 Å². The molecule has 1 aliphatic heterocycles. The first kappa shape index (κ1) is 16.8. The summed E-state index contributed by atoms with van der Waals surface area (Å²) < 4.78 is 0. The van der Waals surface area contributed by atoms with E-state index in [0.29, 0.717) is 12.0 Å². The van der Waals surface area contributed by atoms with E-state index in [4.69, 9.17) is 0 Å². The number of aryl methyl sites for hydroxylation is 1. The molecule has 122 valence electrons. The lowest BCUT2D eigenvalue weighted by Gasteiger charge is -2.22. The number of aliphatic imine (C=N–C) groups is 1. The number of nitrogens with one attached hydrogen (secondary N) is 2. The van der Waals surface area contributed by atoms with Gasteiger partial charge in [-0.05, 0) is 44.8 Å². The molecular weight excluding hydrogens is 272 g/mol. The molecule has 22 heavy (non-hydrogen) atoms. The number of nitrogens with zero attached hydrogens (tertiary/aromatic N) is 2. The summed E-state index contributed by atoms with van der Waals surface area (Å²) >= 11 is 0. The molecule has 1 fully saturated rings. The Morgan fingerprint density at radius 3 is 2.64 bits per heavy atom. The van der Waals surface area contributed by atoms with Crippen molar-refractivity contribution in [1.82, 2.24) is 15.5 Å². The second-order valence-corrected chi connectivity index (χ2v) is 6.42. The third kappa shape index (κ3) is 4.73. The van der Waals surface area contributed by atoms with E-state index < -0.39 is 0 Å². The van der Waals surface area contributed by atoms with Crippen molar-refractivity contribution >= 4 is 5.96 Å². The van der Waals surface area contributed by atoms with Crippen LogP contribution in [-0.4, -0.2) is 50.6 Å². The van der Waals surface area contributed by atoms with Crippen LogP contribution in [0.3, 0.4) is 0 Å². The summed E-state index contributed by atoms with van der Waals surface area (Å²) in [6.07, 6.45) is 2.58. The highest BCUT2D eigenvalue weighted by atomic mass is 15.2. The number of hydrogen-bond donors (Lipinski definition) is 2. The second-order valence-electron chi connectivity index (χ2n) is 6.42. The lowest BCUT2D eigenvalue weighted by Crippen LogP contribution is -2.44. The van der Waals surface area contributed by atoms with Gasteiger partial charge in [0.15, 0.2) is 5.96 Å². The summed E-state index contributed by atoms with van der Waals surface area (Å²) in [5, 5.41) is 6.90. The smallest absolute Gasteiger partial charge is 0.191 e. The first-order valence-corrected chi connectivity index (χ1v) is 8.31. The van der Waals surface area contributed by atoms with Gasteiger partial charge in [0.1, 0.15) is 0 Å². The highest BCUT2D eigenvalue weighted by Gasteiger charge is 2.20. The van der Waals surface area contributed by atoms with Crippen molar-refractivity contribution in [1.29, 1.82) is 0 Å². The Kier molecular flexibility index (Phi) is 6.25. The fourth-order valence-corrected chi connectivity index (χ4v) is 2.93. The SMILES string of the molecule is CN=C(NCC(C)c1ccc(C)cc1)NCC1CCCN1C. The average molecular weight is 302 g/mol. The molecule has 0 radical (unpaired) electrons. The minimum Gasteiger partial charge on any atom is -0.356 e. The molecular formula is C18H30N4. The van der Waals surface area contributed by atoms with E-state index in [1.807, 2.05) is 7.05 Å². The lowest BCUT2D eigenvalue weighted by molar-refractivity contribution is 0.309. The molecule has 2 N–H and O–H groups in total. The molecule has 1 aromatic carbocycles. The van der Waals surface area contributed by atoms with E-state index in [9.17, 15) is 0 Å². The van der Waals surface area contributed by atoms with Crippen molar-refractivity contribution in [2.45, 2.75) is 38.6 Å². The molecule has 0 aliphatic carbocycles. The number of likely N-dealkylation sites (N-methyl/N-ethyl adjacent to an activating group) is 1. The quantitative estimate of drug-likeness (QED) is 0.648. The van der Waals surface area contributed by atoms with Gasteiger partial charge in [-0.2, -0.15) is 0 Å². The minimum atomic E-state index is 0.466. The van der Waals surface area contributed by atoms with Crippen LogP contribution in [0.25, 0.3) is 0 Å². The molecule has 1 heterocycles. The van der Waals surface area contributed by atoms with Crippen LogP contribution in [0, 0.1) is 6.92 Å². The maximum Gasteiger partial charge on any atom is 0.191 e. The molecule has 2 atom stereocenters. The van der Waals surface area contributed by atoms with Crippen LogP contribution >= 0.6 is 0 Å². The Morgan fingerprint density at radius 2 is 2.05 bits per heavy atom. The van der Waals surface area contributed by atoms with E-state index in [1.54, 1.807) is 0 Å². The van der Waals surface area contributed by atoms with Crippen molar-refractivity contribution < 1.29 is 0 Å². The minimum absolute atomic E-state index is 0.466. The summed E-state index contributed by atoms with van der Waals surface area (Å²) in [6.45, 7) is 7.44. The molecule has 0 spiro atoms. The summed E-state index contributed by atoms with van der Waals surface area (Å²) in [4.78, 5) is 6.76. The zero-order valence-electron chi connectivity index (χ0n) is 14.4. The van der Waals surface area contributed by atoms with E-state index in [2.05, 4.69) is 65.7 Å². The van der Waals surface area contributed by atoms with E-state index in [-0.39, 0.29) is 0 Å². The van der Waals surface area contributed by atoms with E-state index >= 15 is 0 Å². The summed E-state index contributed by atoms with van der Waals surface area (Å²) in [6, 6.07) is 9.41. The molecule has 1 saturated heterocycles. The van der Waals surface area contributed by atoms with Crippen LogP contribution in [0.2, 0.25) is 0 Å². The molecule has 2 unspecified atom stereocenters. The first-order valence-electron chi connectivity index (χ1n) is 8.31. The summed E-state index contributed by atoms with van der Waals surface area (Å²) in [5.74, 6) is 1.37. The molecule has 1 aromatic rings. The molecule has 0 amide bonds. The van der Waals surface area contributed by atoms with Crippen LogP contribution in [0.4, 0.5) is 0 Å². The van der Waals surface area contributed by atoms with Gasteiger partial charge < -0.3 is 15.5 Å². The Labute approximate surface area is 135 Å². The molecule has 4 heteroatoms. The van der Waals surface area contributed by atoms with Gasteiger partial charge in [0.05, 0.1) is 0 Å². The van der Waals surface area contributed by atoms with Gasteiger partial charge >= 0.3 is 0 Å². The van der Waals surface area contributed by atoms with Gasteiger partial charge in [-0.15, -0.1) is 0 Å². The summed E-state index contributed by atoms with van der Waals surface area (Å²) in [5.41, 5.74) is 2.67. The van der Waals surface area contributed by atoms with Crippen molar-refractivity contribution in [3.63, 3.8) is 0 Å². The van der Waals surface area contributed by atoms with Crippen LogP contribution < -0.4 is 10.6 Å². The number of hydrogen-bond acceptors (Lipinski definition) is 2. The predicted molar refractivity (Wildman–Crippen MR) is 94.6 cm³/mol. The van der Waals surface area contributed by atoms with Gasteiger partial charge in [0.2, 0.25) is 0 Å². The van der Waals surface area contributed by atoms with Crippen molar-refractivity contribution in [3.8, 4) is 0 Å². The molecule has 0 bridgehead atoms. The van der Waals surface area contributed by atoms with Crippen molar-refractivity contribution in [2.75, 3.05) is 33.7 Å². The van der Waals surface area contributed by atoms with Gasteiger partial charge in [-0.1, -0.05) is 36.8 Å². The third-order valence-electron chi connectivity index (χ3n) is 4.62. The zero-order chi connectivity index (χ0) is 15.9. The van der Waals surface area contributed by atoms with Crippen molar-refractivity contribution in [2.24, 2.45) is 4.99 Å². The van der Waals surface area contributed by atoms with Gasteiger partial charge in [0.25, 0.3) is 0 Å². The average Bonchev–Trinajstić information content (AvgIpc) is 2.93. The molecule has 0 saturated carbocycles. The maximum atomic E-state index is 4.33. The van der Waals surface area contributed by atoms with Crippen LogP contribution in [0.5, 0.6) is 0 Å². The van der Waals surface area contributed by atoms with E-state index in [0.717, 1.165) is 19.0 Å². The van der Waals surface area contributed by atoms with E-state index in [1.165, 1.54) is 30.5 Å². The Hall–Kier alpha value is -1.55. The lowest BCUT2D eigenvalue weighted by atomic mass is 10.0. The molecule has 2 rings (SSSR count). The van der Waals surface area contributed by atoms with Crippen LogP contribution in [0.15, 0.2) is 29.3 Å². The highest BCUT2D eigenvalue weighted by molar-refractivity contribution is 5.79. The Bertz CT molecular complexity index is 480. The molecule has 1 aliphatic rings. The first-order chi connectivity index (χ1) is 10.6. The second kappa shape index (κ2) is 8.18. The Morgan fingerprint density at radius 1 is 1.32 bits per heavy atom. The monoisotopic (exact) mass is 302 g/mol. The fraction of sp³-hybridized carbons (Fsp3) is 0.611. The fourth-order valence-electron chi connectivity index (χ4n) is 2.93. The summed E-state index contributed by atoms with van der Waals surface area (Å²) in [7, 11) is 4.04. The van der Waals surface area contributed by atoms with Gasteiger partial charge in [-0.3, -0.25) is 4.99 Å². The number of benzene rings is 1.